The predicted molar refractivity (Wildman–Crippen MR) is 93.3 cm³/mol. The Morgan fingerprint density at radius 2 is 1.81 bits per heavy atom. The zero-order chi connectivity index (χ0) is 20.1. The van der Waals surface area contributed by atoms with Crippen molar-refractivity contribution in [2.45, 2.75) is 13.0 Å². The van der Waals surface area contributed by atoms with Gasteiger partial charge in [-0.2, -0.15) is 0 Å². The van der Waals surface area contributed by atoms with Crippen LogP contribution < -0.4 is 10.1 Å². The van der Waals surface area contributed by atoms with E-state index in [9.17, 15) is 24.1 Å². The lowest BCUT2D eigenvalue weighted by Gasteiger charge is -2.15. The SMILES string of the molecule is COC(=O)c1cc(C(=O)N[C@H](C)c2ccc(OC)c(F)c2)cc([N+](=O)[O-])c1. The molecule has 0 heterocycles. The van der Waals surface area contributed by atoms with E-state index in [1.165, 1.54) is 25.3 Å². The van der Waals surface area contributed by atoms with Gasteiger partial charge in [-0.1, -0.05) is 6.07 Å². The highest BCUT2D eigenvalue weighted by atomic mass is 19.1. The molecule has 0 aliphatic rings. The second-order valence-corrected chi connectivity index (χ2v) is 5.61. The van der Waals surface area contributed by atoms with Crippen LogP contribution in [-0.2, 0) is 4.74 Å². The van der Waals surface area contributed by atoms with E-state index >= 15 is 0 Å². The molecular weight excluding hydrogens is 359 g/mol. The summed E-state index contributed by atoms with van der Waals surface area (Å²) < 4.78 is 23.2. The Bertz CT molecular complexity index is 899. The Morgan fingerprint density at radius 1 is 1.15 bits per heavy atom. The molecule has 142 valence electrons. The van der Waals surface area contributed by atoms with Crippen molar-refractivity contribution in [3.05, 3.63) is 69.0 Å². The fourth-order valence-electron chi connectivity index (χ4n) is 2.40. The number of amides is 1. The second kappa shape index (κ2) is 8.26. The number of non-ortho nitro benzene ring substituents is 1. The fourth-order valence-corrected chi connectivity index (χ4v) is 2.40. The summed E-state index contributed by atoms with van der Waals surface area (Å²) in [4.78, 5) is 34.5. The van der Waals surface area contributed by atoms with Crippen molar-refractivity contribution in [3.63, 3.8) is 0 Å². The quantitative estimate of drug-likeness (QED) is 0.472. The normalized spacial score (nSPS) is 11.4. The molecular formula is C18H17FN2O6. The topological polar surface area (TPSA) is 108 Å². The van der Waals surface area contributed by atoms with Gasteiger partial charge in [0.05, 0.1) is 30.7 Å². The van der Waals surface area contributed by atoms with E-state index in [0.717, 1.165) is 19.2 Å². The number of halogens is 1. The smallest absolute Gasteiger partial charge is 0.338 e. The molecule has 27 heavy (non-hydrogen) atoms. The minimum atomic E-state index is -0.807. The molecule has 0 bridgehead atoms. The van der Waals surface area contributed by atoms with Gasteiger partial charge in [0.25, 0.3) is 11.6 Å². The molecule has 0 fully saturated rings. The maximum Gasteiger partial charge on any atom is 0.338 e. The number of benzene rings is 2. The van der Waals surface area contributed by atoms with Crippen LogP contribution >= 0.6 is 0 Å². The Morgan fingerprint density at radius 3 is 2.37 bits per heavy atom. The average Bonchev–Trinajstić information content (AvgIpc) is 2.66. The van der Waals surface area contributed by atoms with Crippen LogP contribution in [-0.4, -0.2) is 31.0 Å². The summed E-state index contributed by atoms with van der Waals surface area (Å²) >= 11 is 0. The van der Waals surface area contributed by atoms with Crippen LogP contribution in [0.1, 0.15) is 39.2 Å². The summed E-state index contributed by atoms with van der Waals surface area (Å²) in [6.45, 7) is 1.62. The molecule has 2 aromatic carbocycles. The number of ether oxygens (including phenoxy) is 2. The number of rotatable bonds is 6. The zero-order valence-corrected chi connectivity index (χ0v) is 14.8. The lowest BCUT2D eigenvalue weighted by molar-refractivity contribution is -0.384. The first-order valence-electron chi connectivity index (χ1n) is 7.79. The van der Waals surface area contributed by atoms with Gasteiger partial charge in [0.2, 0.25) is 0 Å². The Balaban J connectivity index is 2.28. The van der Waals surface area contributed by atoms with Gasteiger partial charge in [0, 0.05) is 17.7 Å². The Kier molecular flexibility index (Phi) is 6.07. The number of methoxy groups -OCH3 is 2. The minimum absolute atomic E-state index is 0.0682. The Labute approximate surface area is 154 Å². The molecule has 1 amide bonds. The third kappa shape index (κ3) is 4.57. The lowest BCUT2D eigenvalue weighted by atomic mass is 10.1. The van der Waals surface area contributed by atoms with Crippen molar-refractivity contribution in [1.29, 1.82) is 0 Å². The Hall–Kier alpha value is -3.49. The number of carbonyl (C=O) groups is 2. The van der Waals surface area contributed by atoms with Gasteiger partial charge in [-0.15, -0.1) is 0 Å². The monoisotopic (exact) mass is 376 g/mol. The molecule has 0 aliphatic heterocycles. The second-order valence-electron chi connectivity index (χ2n) is 5.61. The molecule has 0 spiro atoms. The number of nitro groups is 1. The maximum atomic E-state index is 13.8. The summed E-state index contributed by atoms with van der Waals surface area (Å²) in [5.41, 5.74) is -0.170. The van der Waals surface area contributed by atoms with Crippen molar-refractivity contribution in [3.8, 4) is 5.75 Å². The number of nitrogens with one attached hydrogen (secondary N) is 1. The highest BCUT2D eigenvalue weighted by Gasteiger charge is 2.20. The fraction of sp³-hybridized carbons (Fsp3) is 0.222. The predicted octanol–water partition coefficient (Wildman–Crippen LogP) is 3.02. The molecule has 1 atom stereocenters. The van der Waals surface area contributed by atoms with Crippen molar-refractivity contribution < 1.29 is 28.4 Å². The van der Waals surface area contributed by atoms with Crippen LogP contribution in [0.25, 0.3) is 0 Å². The number of carbonyl (C=O) groups excluding carboxylic acids is 2. The van der Waals surface area contributed by atoms with Crippen molar-refractivity contribution in [2.24, 2.45) is 0 Å². The molecule has 1 N–H and O–H groups in total. The molecule has 0 radical (unpaired) electrons. The third-order valence-electron chi connectivity index (χ3n) is 3.84. The van der Waals surface area contributed by atoms with Crippen LogP contribution in [0.2, 0.25) is 0 Å². The minimum Gasteiger partial charge on any atom is -0.494 e. The lowest BCUT2D eigenvalue weighted by Crippen LogP contribution is -2.27. The highest BCUT2D eigenvalue weighted by Crippen LogP contribution is 2.23. The summed E-state index contributed by atoms with van der Waals surface area (Å²) in [5, 5.41) is 13.7. The highest BCUT2D eigenvalue weighted by molar-refractivity contribution is 5.99. The molecule has 0 saturated carbocycles. The first kappa shape index (κ1) is 19.8. The van der Waals surface area contributed by atoms with Gasteiger partial charge >= 0.3 is 5.97 Å². The molecule has 2 rings (SSSR count). The van der Waals surface area contributed by atoms with Gasteiger partial charge in [-0.05, 0) is 30.7 Å². The number of hydrogen-bond donors (Lipinski definition) is 1. The summed E-state index contributed by atoms with van der Waals surface area (Å²) in [5.74, 6) is -1.98. The van der Waals surface area contributed by atoms with E-state index in [-0.39, 0.29) is 16.9 Å². The van der Waals surface area contributed by atoms with Gasteiger partial charge in [-0.25, -0.2) is 9.18 Å². The largest absolute Gasteiger partial charge is 0.494 e. The van der Waals surface area contributed by atoms with Crippen LogP contribution in [0, 0.1) is 15.9 Å². The van der Waals surface area contributed by atoms with Crippen LogP contribution in [0.15, 0.2) is 36.4 Å². The van der Waals surface area contributed by atoms with Crippen LogP contribution in [0.4, 0.5) is 10.1 Å². The summed E-state index contributed by atoms with van der Waals surface area (Å²) in [7, 11) is 2.46. The zero-order valence-electron chi connectivity index (χ0n) is 14.8. The van der Waals surface area contributed by atoms with E-state index in [4.69, 9.17) is 4.74 Å². The number of hydrogen-bond acceptors (Lipinski definition) is 6. The number of nitrogens with zero attached hydrogens (tertiary/aromatic N) is 1. The molecule has 0 aromatic heterocycles. The summed E-state index contributed by atoms with van der Waals surface area (Å²) in [6, 6.07) is 6.88. The van der Waals surface area contributed by atoms with Crippen LogP contribution in [0.3, 0.4) is 0 Å². The molecule has 9 heteroatoms. The van der Waals surface area contributed by atoms with E-state index in [1.54, 1.807) is 13.0 Å². The van der Waals surface area contributed by atoms with E-state index in [2.05, 4.69) is 10.1 Å². The van der Waals surface area contributed by atoms with E-state index in [1.807, 2.05) is 0 Å². The number of nitro benzene ring substituents is 1. The van der Waals surface area contributed by atoms with Gasteiger partial charge in [0.1, 0.15) is 0 Å². The molecule has 0 saturated heterocycles. The van der Waals surface area contributed by atoms with Crippen molar-refractivity contribution in [1.82, 2.24) is 5.32 Å². The van der Waals surface area contributed by atoms with Gasteiger partial charge in [0.15, 0.2) is 11.6 Å². The standard InChI is InChI=1S/C18H17FN2O6/c1-10(11-4-5-16(26-2)15(19)9-11)20-17(22)12-6-13(18(23)27-3)8-14(7-12)21(24)25/h4-10H,1-3H3,(H,20,22)/t10-/m1/s1. The van der Waals surface area contributed by atoms with E-state index in [0.29, 0.717) is 5.56 Å². The first-order valence-corrected chi connectivity index (χ1v) is 7.79. The first-order chi connectivity index (χ1) is 12.8. The maximum absolute atomic E-state index is 13.8. The molecule has 0 unspecified atom stereocenters. The average molecular weight is 376 g/mol. The molecule has 2 aromatic rings. The summed E-state index contributed by atoms with van der Waals surface area (Å²) in [6.07, 6.45) is 0. The van der Waals surface area contributed by atoms with Crippen LogP contribution in [0.5, 0.6) is 5.75 Å². The van der Waals surface area contributed by atoms with Gasteiger partial charge in [-0.3, -0.25) is 14.9 Å². The van der Waals surface area contributed by atoms with E-state index < -0.39 is 34.3 Å². The van der Waals surface area contributed by atoms with Crippen molar-refractivity contribution >= 4 is 17.6 Å². The molecule has 0 aliphatic carbocycles. The van der Waals surface area contributed by atoms with Crippen molar-refractivity contribution in [2.75, 3.05) is 14.2 Å². The number of esters is 1. The van der Waals surface area contributed by atoms with Gasteiger partial charge < -0.3 is 14.8 Å². The molecule has 8 nitrogen and oxygen atoms in total. The third-order valence-corrected chi connectivity index (χ3v) is 3.84.